The van der Waals surface area contributed by atoms with Crippen LogP contribution in [0.3, 0.4) is 0 Å². The lowest BCUT2D eigenvalue weighted by Gasteiger charge is -2.33. The van der Waals surface area contributed by atoms with E-state index in [0.29, 0.717) is 24.8 Å². The van der Waals surface area contributed by atoms with Gasteiger partial charge < -0.3 is 14.8 Å². The maximum Gasteiger partial charge on any atom is 0.273 e. The zero-order chi connectivity index (χ0) is 17.8. The molecule has 8 heteroatoms. The van der Waals surface area contributed by atoms with Crippen molar-refractivity contribution in [2.75, 3.05) is 19.8 Å². The second-order valence-corrected chi connectivity index (χ2v) is 8.81. The SMILES string of the molecule is CC1COC1COc1cc(Br)cnc1C(=O)NCCc1ncc[s+]1C. The van der Waals surface area contributed by atoms with Crippen LogP contribution < -0.4 is 10.1 Å². The summed E-state index contributed by atoms with van der Waals surface area (Å²) in [6.45, 7) is 3.82. The molecule has 0 bridgehead atoms. The molecule has 134 valence electrons. The summed E-state index contributed by atoms with van der Waals surface area (Å²) in [4.78, 5) is 21.0. The van der Waals surface area contributed by atoms with Crippen molar-refractivity contribution in [3.63, 3.8) is 0 Å². The van der Waals surface area contributed by atoms with Crippen molar-refractivity contribution in [2.45, 2.75) is 19.4 Å². The van der Waals surface area contributed by atoms with Crippen molar-refractivity contribution in [3.05, 3.63) is 39.0 Å². The number of hydrogen-bond acceptors (Lipinski definition) is 5. The monoisotopic (exact) mass is 426 g/mol. The lowest BCUT2D eigenvalue weighted by Crippen LogP contribution is -2.42. The van der Waals surface area contributed by atoms with Crippen LogP contribution in [0.4, 0.5) is 0 Å². The van der Waals surface area contributed by atoms with E-state index in [9.17, 15) is 4.79 Å². The maximum absolute atomic E-state index is 12.5. The summed E-state index contributed by atoms with van der Waals surface area (Å²) in [7, 11) is 0.0740. The first-order valence-electron chi connectivity index (χ1n) is 8.11. The van der Waals surface area contributed by atoms with Crippen LogP contribution in [0.15, 0.2) is 28.3 Å². The molecule has 1 saturated heterocycles. The van der Waals surface area contributed by atoms with Gasteiger partial charge in [-0.25, -0.2) is 9.97 Å². The van der Waals surface area contributed by atoms with Crippen LogP contribution in [-0.2, 0) is 17.4 Å². The number of thiazole rings is 1. The highest BCUT2D eigenvalue weighted by Crippen LogP contribution is 2.25. The van der Waals surface area contributed by atoms with Gasteiger partial charge in [0.15, 0.2) is 16.8 Å². The predicted molar refractivity (Wildman–Crippen MR) is 100 cm³/mol. The van der Waals surface area contributed by atoms with Crippen molar-refractivity contribution in [3.8, 4) is 5.75 Å². The minimum Gasteiger partial charge on any atom is -0.488 e. The van der Waals surface area contributed by atoms with E-state index in [2.05, 4.69) is 49.8 Å². The Balaban J connectivity index is 1.59. The number of aryl methyl sites for hydroxylation is 1. The Morgan fingerprint density at radius 1 is 1.52 bits per heavy atom. The predicted octanol–water partition coefficient (Wildman–Crippen LogP) is 2.91. The number of rotatable bonds is 7. The fourth-order valence-electron chi connectivity index (χ4n) is 2.47. The summed E-state index contributed by atoms with van der Waals surface area (Å²) in [5.41, 5.74) is 0.289. The number of hydrogen-bond donors (Lipinski definition) is 1. The summed E-state index contributed by atoms with van der Waals surface area (Å²) in [6, 6.07) is 1.76. The summed E-state index contributed by atoms with van der Waals surface area (Å²) in [6.07, 6.45) is 6.35. The lowest BCUT2D eigenvalue weighted by atomic mass is 10.0. The molecular formula is C17H21BrN3O3S+. The maximum atomic E-state index is 12.5. The second-order valence-electron chi connectivity index (χ2n) is 6.03. The first-order valence-corrected chi connectivity index (χ1v) is 10.6. The van der Waals surface area contributed by atoms with Crippen molar-refractivity contribution in [2.24, 2.45) is 12.2 Å². The smallest absolute Gasteiger partial charge is 0.273 e. The number of halogens is 1. The van der Waals surface area contributed by atoms with Crippen LogP contribution >= 0.6 is 26.4 Å². The van der Waals surface area contributed by atoms with Gasteiger partial charge in [0, 0.05) is 23.1 Å². The van der Waals surface area contributed by atoms with Gasteiger partial charge in [-0.15, -0.1) is 0 Å². The van der Waals surface area contributed by atoms with Gasteiger partial charge in [0.25, 0.3) is 5.91 Å². The van der Waals surface area contributed by atoms with Crippen molar-refractivity contribution < 1.29 is 14.3 Å². The molecule has 0 saturated carbocycles. The normalized spacial score (nSPS) is 20.0. The molecule has 3 heterocycles. The van der Waals surface area contributed by atoms with E-state index in [0.717, 1.165) is 22.5 Å². The van der Waals surface area contributed by atoms with Crippen molar-refractivity contribution in [1.82, 2.24) is 15.3 Å². The van der Waals surface area contributed by atoms with Gasteiger partial charge in [0.05, 0.1) is 25.3 Å². The average molecular weight is 427 g/mol. The van der Waals surface area contributed by atoms with Crippen molar-refractivity contribution in [1.29, 1.82) is 0 Å². The molecule has 6 nitrogen and oxygen atoms in total. The molecule has 1 fully saturated rings. The molecule has 2 aromatic heterocycles. The quantitative estimate of drug-likeness (QED) is 0.688. The molecular weight excluding hydrogens is 406 g/mol. The molecule has 0 radical (unpaired) electrons. The Hall–Kier alpha value is -1.51. The van der Waals surface area contributed by atoms with E-state index in [1.54, 1.807) is 12.3 Å². The minimum atomic E-state index is -0.243. The summed E-state index contributed by atoms with van der Waals surface area (Å²) in [5, 5.41) is 6.08. The summed E-state index contributed by atoms with van der Waals surface area (Å²) < 4.78 is 12.0. The molecule has 3 atom stereocenters. The van der Waals surface area contributed by atoms with Crippen LogP contribution in [-0.4, -0.2) is 41.7 Å². The number of carbonyl (C=O) groups is 1. The first kappa shape index (κ1) is 18.3. The number of aromatic nitrogens is 2. The number of nitrogens with zero attached hydrogens (tertiary/aromatic N) is 2. The van der Waals surface area contributed by atoms with Crippen LogP contribution in [0.2, 0.25) is 0 Å². The number of carbonyl (C=O) groups excluding carboxylic acids is 1. The largest absolute Gasteiger partial charge is 0.488 e. The fourth-order valence-corrected chi connectivity index (χ4v) is 3.83. The van der Waals surface area contributed by atoms with Gasteiger partial charge in [0.1, 0.15) is 12.9 Å². The Labute approximate surface area is 158 Å². The highest BCUT2D eigenvalue weighted by molar-refractivity contribution is 9.10. The van der Waals surface area contributed by atoms with Gasteiger partial charge in [-0.1, -0.05) is 6.92 Å². The van der Waals surface area contributed by atoms with Crippen LogP contribution in [0.25, 0.3) is 0 Å². The summed E-state index contributed by atoms with van der Waals surface area (Å²) in [5.74, 6) is 0.693. The van der Waals surface area contributed by atoms with E-state index < -0.39 is 0 Å². The summed E-state index contributed by atoms with van der Waals surface area (Å²) >= 11 is 3.37. The third-order valence-corrected chi connectivity index (χ3v) is 6.14. The molecule has 1 aliphatic heterocycles. The minimum absolute atomic E-state index is 0.0740. The van der Waals surface area contributed by atoms with Gasteiger partial charge in [-0.3, -0.25) is 4.79 Å². The lowest BCUT2D eigenvalue weighted by molar-refractivity contribution is -0.123. The van der Waals surface area contributed by atoms with Gasteiger partial charge in [0.2, 0.25) is 5.01 Å². The Morgan fingerprint density at radius 3 is 3.00 bits per heavy atom. The molecule has 0 aromatic carbocycles. The van der Waals surface area contributed by atoms with Crippen molar-refractivity contribution >= 4 is 32.3 Å². The van der Waals surface area contributed by atoms with Gasteiger partial charge in [-0.05, 0) is 32.5 Å². The molecule has 1 amide bonds. The molecule has 1 N–H and O–H groups in total. The topological polar surface area (TPSA) is 73.3 Å². The molecule has 2 aromatic rings. The fraction of sp³-hybridized carbons (Fsp3) is 0.471. The Bertz CT molecular complexity index is 752. The van der Waals surface area contributed by atoms with E-state index in [-0.39, 0.29) is 28.2 Å². The third-order valence-electron chi connectivity index (χ3n) is 4.12. The standard InChI is InChI=1S/C17H20BrN3O3S/c1-11-9-23-14(11)10-24-13-7-12(18)8-21-16(13)17(22)20-4-3-15-19-5-6-25(15)2/h5-8,11,14H,3-4,9-10H2,1-2H3/p+1. The Morgan fingerprint density at radius 2 is 2.36 bits per heavy atom. The van der Waals surface area contributed by atoms with Crippen LogP contribution in [0.1, 0.15) is 22.4 Å². The van der Waals surface area contributed by atoms with E-state index in [1.807, 2.05) is 6.20 Å². The van der Waals surface area contributed by atoms with E-state index >= 15 is 0 Å². The molecule has 25 heavy (non-hydrogen) atoms. The van der Waals surface area contributed by atoms with Crippen LogP contribution in [0, 0.1) is 5.92 Å². The van der Waals surface area contributed by atoms with Gasteiger partial charge >= 0.3 is 0 Å². The third kappa shape index (κ3) is 4.56. The van der Waals surface area contributed by atoms with Gasteiger partial charge in [-0.2, -0.15) is 0 Å². The number of amides is 1. The van der Waals surface area contributed by atoms with Crippen LogP contribution in [0.5, 0.6) is 5.75 Å². The molecule has 0 spiro atoms. The Kier molecular flexibility index (Phi) is 6.03. The zero-order valence-electron chi connectivity index (χ0n) is 14.2. The second kappa shape index (κ2) is 8.25. The molecule has 1 aliphatic rings. The van der Waals surface area contributed by atoms with E-state index in [4.69, 9.17) is 9.47 Å². The molecule has 0 aliphatic carbocycles. The number of pyridine rings is 1. The number of nitrogens with one attached hydrogen (secondary N) is 1. The highest BCUT2D eigenvalue weighted by Gasteiger charge is 2.29. The molecule has 3 unspecified atom stereocenters. The first-order chi connectivity index (χ1) is 12.0. The number of ether oxygens (including phenoxy) is 2. The highest BCUT2D eigenvalue weighted by atomic mass is 79.9. The zero-order valence-corrected chi connectivity index (χ0v) is 16.6. The average Bonchev–Trinajstić information content (AvgIpc) is 2.98. The molecule has 3 rings (SSSR count). The van der Waals surface area contributed by atoms with E-state index in [1.165, 1.54) is 0 Å².